The molecule has 1 aliphatic heterocycles. The van der Waals surface area contributed by atoms with Gasteiger partial charge in [-0.1, -0.05) is 22.0 Å². The normalized spacial score (nSPS) is 12.4. The Kier molecular flexibility index (Phi) is 6.50. The number of hydrogen-bond donors (Lipinski definition) is 3. The fraction of sp³-hybridized carbons (Fsp3) is 0.150. The smallest absolute Gasteiger partial charge is 0.305 e. The number of ether oxygens (including phenoxy) is 2. The average Bonchev–Trinajstić information content (AvgIpc) is 3.15. The van der Waals surface area contributed by atoms with E-state index in [0.717, 1.165) is 4.47 Å². The lowest BCUT2D eigenvalue weighted by molar-refractivity contribution is -0.136. The monoisotopic (exact) mass is 460 g/mol. The Morgan fingerprint density at radius 2 is 1.79 bits per heavy atom. The van der Waals surface area contributed by atoms with Gasteiger partial charge in [-0.2, -0.15) is 0 Å². The van der Waals surface area contributed by atoms with E-state index in [1.54, 1.807) is 42.5 Å². The molecule has 9 heteroatoms. The van der Waals surface area contributed by atoms with E-state index in [0.29, 0.717) is 22.6 Å². The predicted molar refractivity (Wildman–Crippen MR) is 107 cm³/mol. The van der Waals surface area contributed by atoms with Gasteiger partial charge >= 0.3 is 5.97 Å². The van der Waals surface area contributed by atoms with E-state index in [-0.39, 0.29) is 25.5 Å². The summed E-state index contributed by atoms with van der Waals surface area (Å²) in [5.74, 6) is -0.991. The van der Waals surface area contributed by atoms with Crippen molar-refractivity contribution in [2.75, 3.05) is 13.3 Å². The molecule has 1 heterocycles. The molecule has 0 unspecified atom stereocenters. The zero-order chi connectivity index (χ0) is 20.8. The van der Waals surface area contributed by atoms with Gasteiger partial charge in [0.2, 0.25) is 6.79 Å². The summed E-state index contributed by atoms with van der Waals surface area (Å²) in [5.41, 5.74) is 0.944. The van der Waals surface area contributed by atoms with Gasteiger partial charge in [0.1, 0.15) is 5.70 Å². The van der Waals surface area contributed by atoms with Crippen molar-refractivity contribution in [2.24, 2.45) is 0 Å². The van der Waals surface area contributed by atoms with Crippen LogP contribution in [0.3, 0.4) is 0 Å². The number of carboxylic acids is 1. The molecule has 0 atom stereocenters. The minimum atomic E-state index is -1.04. The van der Waals surface area contributed by atoms with Crippen molar-refractivity contribution < 1.29 is 29.0 Å². The standard InChI is InChI=1S/C20H17BrN2O6/c21-14-4-2-13(3-5-14)19(26)23-15(20(27)22-8-7-18(24)25)9-12-1-6-16-17(10-12)29-11-28-16/h1-6,9-10H,7-8,11H2,(H,22,27)(H,23,26)(H,24,25). The van der Waals surface area contributed by atoms with Crippen LogP contribution in [0.4, 0.5) is 0 Å². The van der Waals surface area contributed by atoms with Crippen LogP contribution >= 0.6 is 15.9 Å². The number of aliphatic carboxylic acids is 1. The van der Waals surface area contributed by atoms with Gasteiger partial charge in [-0.05, 0) is 48.0 Å². The van der Waals surface area contributed by atoms with Crippen LogP contribution < -0.4 is 20.1 Å². The highest BCUT2D eigenvalue weighted by molar-refractivity contribution is 9.10. The highest BCUT2D eigenvalue weighted by Crippen LogP contribution is 2.33. The molecule has 0 saturated heterocycles. The number of hydrogen-bond acceptors (Lipinski definition) is 5. The van der Waals surface area contributed by atoms with Crippen LogP contribution in [0, 0.1) is 0 Å². The Morgan fingerprint density at radius 3 is 2.52 bits per heavy atom. The molecule has 2 aromatic carbocycles. The number of halogens is 1. The van der Waals surface area contributed by atoms with Gasteiger partial charge in [0.25, 0.3) is 11.8 Å². The van der Waals surface area contributed by atoms with E-state index in [2.05, 4.69) is 26.6 Å². The Bertz CT molecular complexity index is 971. The van der Waals surface area contributed by atoms with Crippen LogP contribution in [0.25, 0.3) is 6.08 Å². The van der Waals surface area contributed by atoms with Gasteiger partial charge in [-0.15, -0.1) is 0 Å². The Morgan fingerprint density at radius 1 is 1.07 bits per heavy atom. The maximum absolute atomic E-state index is 12.5. The Balaban J connectivity index is 1.82. The lowest BCUT2D eigenvalue weighted by atomic mass is 10.1. The minimum absolute atomic E-state index is 0.0258. The number of carboxylic acid groups (broad SMARTS) is 1. The molecular formula is C20H17BrN2O6. The van der Waals surface area contributed by atoms with Crippen LogP contribution in [-0.4, -0.2) is 36.2 Å². The summed E-state index contributed by atoms with van der Waals surface area (Å²) in [6, 6.07) is 11.7. The summed E-state index contributed by atoms with van der Waals surface area (Å²) in [5, 5.41) is 13.8. The molecule has 0 spiro atoms. The lowest BCUT2D eigenvalue weighted by Gasteiger charge is -2.11. The second-order valence-electron chi connectivity index (χ2n) is 6.03. The highest BCUT2D eigenvalue weighted by atomic mass is 79.9. The van der Waals surface area contributed by atoms with E-state index < -0.39 is 17.8 Å². The summed E-state index contributed by atoms with van der Waals surface area (Å²) < 4.78 is 11.4. The highest BCUT2D eigenvalue weighted by Gasteiger charge is 2.17. The SMILES string of the molecule is O=C(O)CCNC(=O)C(=Cc1ccc2c(c1)OCO2)NC(=O)c1ccc(Br)cc1. The zero-order valence-corrected chi connectivity index (χ0v) is 16.7. The maximum Gasteiger partial charge on any atom is 0.305 e. The molecule has 2 amide bonds. The van der Waals surface area contributed by atoms with Gasteiger partial charge in [0.15, 0.2) is 11.5 Å². The number of fused-ring (bicyclic) bond motifs is 1. The van der Waals surface area contributed by atoms with Gasteiger partial charge in [-0.3, -0.25) is 14.4 Å². The number of amides is 2. The van der Waals surface area contributed by atoms with E-state index in [4.69, 9.17) is 14.6 Å². The molecule has 0 bridgehead atoms. The minimum Gasteiger partial charge on any atom is -0.481 e. The molecular weight excluding hydrogens is 444 g/mol. The molecule has 2 aromatic rings. The summed E-state index contributed by atoms with van der Waals surface area (Å²) in [7, 11) is 0. The predicted octanol–water partition coefficient (Wildman–Crippen LogP) is 2.54. The van der Waals surface area contributed by atoms with Crippen molar-refractivity contribution in [3.8, 4) is 11.5 Å². The van der Waals surface area contributed by atoms with Gasteiger partial charge in [0.05, 0.1) is 6.42 Å². The van der Waals surface area contributed by atoms with Crippen molar-refractivity contribution >= 4 is 39.8 Å². The van der Waals surface area contributed by atoms with Crippen LogP contribution in [0.1, 0.15) is 22.3 Å². The molecule has 1 aliphatic rings. The van der Waals surface area contributed by atoms with Crippen LogP contribution in [-0.2, 0) is 9.59 Å². The van der Waals surface area contributed by atoms with Crippen molar-refractivity contribution in [3.63, 3.8) is 0 Å². The van der Waals surface area contributed by atoms with E-state index >= 15 is 0 Å². The molecule has 3 rings (SSSR count). The Hall–Kier alpha value is -3.33. The van der Waals surface area contributed by atoms with Gasteiger partial charge in [-0.25, -0.2) is 0 Å². The molecule has 0 radical (unpaired) electrons. The molecule has 0 saturated carbocycles. The fourth-order valence-corrected chi connectivity index (χ4v) is 2.77. The maximum atomic E-state index is 12.5. The molecule has 8 nitrogen and oxygen atoms in total. The van der Waals surface area contributed by atoms with E-state index in [9.17, 15) is 14.4 Å². The zero-order valence-electron chi connectivity index (χ0n) is 15.1. The van der Waals surface area contributed by atoms with Gasteiger partial charge in [0, 0.05) is 16.6 Å². The largest absolute Gasteiger partial charge is 0.481 e. The third-order valence-corrected chi connectivity index (χ3v) is 4.46. The number of carbonyl (C=O) groups excluding carboxylic acids is 2. The van der Waals surface area contributed by atoms with Crippen LogP contribution in [0.15, 0.2) is 52.6 Å². The van der Waals surface area contributed by atoms with Gasteiger partial charge < -0.3 is 25.2 Å². The quantitative estimate of drug-likeness (QED) is 0.547. The summed E-state index contributed by atoms with van der Waals surface area (Å²) in [6.07, 6.45) is 1.25. The second kappa shape index (κ2) is 9.24. The molecule has 0 aliphatic carbocycles. The summed E-state index contributed by atoms with van der Waals surface area (Å²) >= 11 is 3.30. The van der Waals surface area contributed by atoms with Crippen LogP contribution in [0.5, 0.6) is 11.5 Å². The first-order valence-electron chi connectivity index (χ1n) is 8.60. The number of rotatable bonds is 7. The third-order valence-electron chi connectivity index (χ3n) is 3.93. The van der Waals surface area contributed by atoms with E-state index in [1.165, 1.54) is 6.08 Å². The molecule has 0 fully saturated rings. The average molecular weight is 461 g/mol. The first-order valence-corrected chi connectivity index (χ1v) is 9.40. The van der Waals surface area contributed by atoms with Crippen molar-refractivity contribution in [2.45, 2.75) is 6.42 Å². The van der Waals surface area contributed by atoms with Crippen molar-refractivity contribution in [1.82, 2.24) is 10.6 Å². The number of nitrogens with one attached hydrogen (secondary N) is 2. The lowest BCUT2D eigenvalue weighted by Crippen LogP contribution is -2.35. The fourth-order valence-electron chi connectivity index (χ4n) is 2.50. The van der Waals surface area contributed by atoms with Crippen molar-refractivity contribution in [3.05, 3.63) is 63.8 Å². The molecule has 3 N–H and O–H groups in total. The topological polar surface area (TPSA) is 114 Å². The van der Waals surface area contributed by atoms with Crippen molar-refractivity contribution in [1.29, 1.82) is 0 Å². The molecule has 150 valence electrons. The first-order chi connectivity index (χ1) is 13.9. The first kappa shape index (κ1) is 20.4. The van der Waals surface area contributed by atoms with Crippen LogP contribution in [0.2, 0.25) is 0 Å². The summed E-state index contributed by atoms with van der Waals surface area (Å²) in [4.78, 5) is 35.8. The molecule has 29 heavy (non-hydrogen) atoms. The Labute approximate surface area is 174 Å². The number of carbonyl (C=O) groups is 3. The molecule has 0 aromatic heterocycles. The third kappa shape index (κ3) is 5.58. The van der Waals surface area contributed by atoms with E-state index in [1.807, 2.05) is 0 Å². The summed E-state index contributed by atoms with van der Waals surface area (Å²) in [6.45, 7) is 0.0478. The number of benzene rings is 2. The second-order valence-corrected chi connectivity index (χ2v) is 6.95.